The summed E-state index contributed by atoms with van der Waals surface area (Å²) in [7, 11) is 0. The number of guanidine groups is 1. The van der Waals surface area contributed by atoms with Crippen LogP contribution in [0.3, 0.4) is 0 Å². The molecule has 1 aromatic heterocycles. The number of carbonyl (C=O) groups excluding carboxylic acids is 1. The van der Waals surface area contributed by atoms with Gasteiger partial charge in [0, 0.05) is 31.7 Å². The first-order chi connectivity index (χ1) is 15.6. The number of para-hydroxylation sites is 2. The molecule has 0 aliphatic carbocycles. The van der Waals surface area contributed by atoms with Crippen molar-refractivity contribution in [3.05, 3.63) is 59.9 Å². The van der Waals surface area contributed by atoms with Crippen LogP contribution in [0.25, 0.3) is 11.0 Å². The van der Waals surface area contributed by atoms with Gasteiger partial charge in [-0.25, -0.2) is 9.98 Å². The van der Waals surface area contributed by atoms with Crippen LogP contribution in [-0.4, -0.2) is 34.5 Å². The number of aliphatic imine (C=N–C) groups is 1. The topological polar surface area (TPSA) is 83.3 Å². The first-order valence-corrected chi connectivity index (χ1v) is 11.4. The molecule has 1 heterocycles. The molecule has 0 unspecified atom stereocenters. The Morgan fingerprint density at radius 1 is 1.09 bits per heavy atom. The van der Waals surface area contributed by atoms with Crippen LogP contribution in [-0.2, 0) is 17.9 Å². The van der Waals surface area contributed by atoms with Crippen molar-refractivity contribution in [2.75, 3.05) is 18.4 Å². The van der Waals surface area contributed by atoms with E-state index in [0.29, 0.717) is 13.0 Å². The molecule has 0 spiro atoms. The summed E-state index contributed by atoms with van der Waals surface area (Å²) in [5.41, 5.74) is 4.09. The summed E-state index contributed by atoms with van der Waals surface area (Å²) in [6.07, 6.45) is 2.33. The molecule has 0 fully saturated rings. The van der Waals surface area contributed by atoms with Crippen molar-refractivity contribution < 1.29 is 4.79 Å². The van der Waals surface area contributed by atoms with Gasteiger partial charge in [0.2, 0.25) is 5.91 Å². The maximum absolute atomic E-state index is 11.8. The van der Waals surface area contributed by atoms with E-state index in [4.69, 9.17) is 4.99 Å². The number of imidazole rings is 1. The van der Waals surface area contributed by atoms with E-state index in [1.807, 2.05) is 37.3 Å². The minimum atomic E-state index is 0.0454. The Morgan fingerprint density at radius 3 is 2.75 bits per heavy atom. The third kappa shape index (κ3) is 6.57. The van der Waals surface area contributed by atoms with Crippen molar-refractivity contribution in [3.63, 3.8) is 0 Å². The lowest BCUT2D eigenvalue weighted by atomic mass is 10.2. The van der Waals surface area contributed by atoms with Crippen LogP contribution in [0.15, 0.2) is 53.5 Å². The van der Waals surface area contributed by atoms with Crippen molar-refractivity contribution in [2.24, 2.45) is 4.99 Å². The number of anilines is 1. The number of benzene rings is 2. The van der Waals surface area contributed by atoms with E-state index in [9.17, 15) is 4.79 Å². The SMILES string of the molecule is CCCC(=O)Nc1cccc(CN=C(NCC)NCCCn2c(C)nc3ccccc32)c1. The van der Waals surface area contributed by atoms with Gasteiger partial charge in [-0.3, -0.25) is 4.79 Å². The molecule has 0 radical (unpaired) electrons. The van der Waals surface area contributed by atoms with E-state index in [1.54, 1.807) is 0 Å². The Balaban J connectivity index is 1.54. The van der Waals surface area contributed by atoms with Gasteiger partial charge < -0.3 is 20.5 Å². The minimum Gasteiger partial charge on any atom is -0.357 e. The van der Waals surface area contributed by atoms with Gasteiger partial charge in [-0.2, -0.15) is 0 Å². The maximum atomic E-state index is 11.8. The lowest BCUT2D eigenvalue weighted by Gasteiger charge is -2.12. The summed E-state index contributed by atoms with van der Waals surface area (Å²) >= 11 is 0. The van der Waals surface area contributed by atoms with Gasteiger partial charge in [-0.1, -0.05) is 31.2 Å². The van der Waals surface area contributed by atoms with Crippen molar-refractivity contribution in [2.45, 2.75) is 53.1 Å². The molecule has 32 heavy (non-hydrogen) atoms. The third-order valence-electron chi connectivity index (χ3n) is 5.15. The molecular formula is C25H34N6O. The number of hydrogen-bond donors (Lipinski definition) is 3. The zero-order valence-corrected chi connectivity index (χ0v) is 19.3. The molecule has 3 aromatic rings. The van der Waals surface area contributed by atoms with Crippen LogP contribution in [0.4, 0.5) is 5.69 Å². The molecule has 3 N–H and O–H groups in total. The number of aryl methyl sites for hydroxylation is 2. The predicted octanol–water partition coefficient (Wildman–Crippen LogP) is 4.23. The van der Waals surface area contributed by atoms with Crippen LogP contribution < -0.4 is 16.0 Å². The van der Waals surface area contributed by atoms with Crippen molar-refractivity contribution in [1.82, 2.24) is 20.2 Å². The second-order valence-corrected chi connectivity index (χ2v) is 7.77. The van der Waals surface area contributed by atoms with E-state index in [0.717, 1.165) is 61.0 Å². The second kappa shape index (κ2) is 11.9. The van der Waals surface area contributed by atoms with E-state index in [2.05, 4.69) is 57.5 Å². The molecule has 2 aromatic carbocycles. The van der Waals surface area contributed by atoms with Gasteiger partial charge in [-0.15, -0.1) is 0 Å². The highest BCUT2D eigenvalue weighted by molar-refractivity contribution is 5.90. The molecule has 0 saturated heterocycles. The molecule has 0 bridgehead atoms. The predicted molar refractivity (Wildman–Crippen MR) is 132 cm³/mol. The number of nitrogens with zero attached hydrogens (tertiary/aromatic N) is 3. The van der Waals surface area contributed by atoms with Crippen molar-refractivity contribution in [1.29, 1.82) is 0 Å². The number of nitrogens with one attached hydrogen (secondary N) is 3. The molecule has 7 heteroatoms. The Bertz CT molecular complexity index is 1060. The fourth-order valence-electron chi connectivity index (χ4n) is 3.63. The second-order valence-electron chi connectivity index (χ2n) is 7.77. The molecule has 1 amide bonds. The van der Waals surface area contributed by atoms with E-state index < -0.39 is 0 Å². The number of hydrogen-bond acceptors (Lipinski definition) is 3. The van der Waals surface area contributed by atoms with Crippen LogP contribution in [0, 0.1) is 6.92 Å². The fourth-order valence-corrected chi connectivity index (χ4v) is 3.63. The summed E-state index contributed by atoms with van der Waals surface area (Å²) < 4.78 is 2.26. The molecule has 170 valence electrons. The average Bonchev–Trinajstić information content (AvgIpc) is 3.10. The Hall–Kier alpha value is -3.35. The summed E-state index contributed by atoms with van der Waals surface area (Å²) in [6.45, 7) is 9.16. The Morgan fingerprint density at radius 2 is 1.94 bits per heavy atom. The summed E-state index contributed by atoms with van der Waals surface area (Å²) in [5.74, 6) is 1.88. The van der Waals surface area contributed by atoms with Crippen molar-refractivity contribution >= 4 is 28.6 Å². The van der Waals surface area contributed by atoms with Gasteiger partial charge in [0.1, 0.15) is 5.82 Å². The average molecular weight is 435 g/mol. The Kier molecular flexibility index (Phi) is 8.66. The summed E-state index contributed by atoms with van der Waals surface area (Å²) in [5, 5.41) is 9.66. The Labute approximate surface area is 190 Å². The standard InChI is InChI=1S/C25H34N6O/c1-4-10-24(32)30-21-12-8-11-20(17-21)18-28-25(26-5-2)27-15-9-16-31-19(3)29-22-13-6-7-14-23(22)31/h6-8,11-14,17H,4-5,9-10,15-16,18H2,1-3H3,(H,30,32)(H2,26,27,28). The summed E-state index contributed by atoms with van der Waals surface area (Å²) in [6, 6.07) is 16.1. The first kappa shape index (κ1) is 23.3. The van der Waals surface area contributed by atoms with E-state index >= 15 is 0 Å². The maximum Gasteiger partial charge on any atom is 0.224 e. The largest absolute Gasteiger partial charge is 0.357 e. The molecular weight excluding hydrogens is 400 g/mol. The van der Waals surface area contributed by atoms with Crippen LogP contribution in [0.5, 0.6) is 0 Å². The third-order valence-corrected chi connectivity index (χ3v) is 5.15. The van der Waals surface area contributed by atoms with E-state index in [-0.39, 0.29) is 5.91 Å². The number of rotatable bonds is 10. The monoisotopic (exact) mass is 434 g/mol. The van der Waals surface area contributed by atoms with Gasteiger partial charge in [-0.05, 0) is 56.5 Å². The summed E-state index contributed by atoms with van der Waals surface area (Å²) in [4.78, 5) is 21.2. The van der Waals surface area contributed by atoms with Gasteiger partial charge >= 0.3 is 0 Å². The van der Waals surface area contributed by atoms with Crippen LogP contribution >= 0.6 is 0 Å². The molecule has 0 aliphatic rings. The molecule has 0 atom stereocenters. The molecule has 0 aliphatic heterocycles. The van der Waals surface area contributed by atoms with Gasteiger partial charge in [0.15, 0.2) is 5.96 Å². The highest BCUT2D eigenvalue weighted by Crippen LogP contribution is 2.15. The van der Waals surface area contributed by atoms with Crippen LogP contribution in [0.2, 0.25) is 0 Å². The molecule has 3 rings (SSSR count). The minimum absolute atomic E-state index is 0.0454. The fraction of sp³-hybridized carbons (Fsp3) is 0.400. The lowest BCUT2D eigenvalue weighted by molar-refractivity contribution is -0.116. The highest BCUT2D eigenvalue weighted by atomic mass is 16.1. The first-order valence-electron chi connectivity index (χ1n) is 11.4. The highest BCUT2D eigenvalue weighted by Gasteiger charge is 2.06. The normalized spacial score (nSPS) is 11.5. The van der Waals surface area contributed by atoms with E-state index in [1.165, 1.54) is 5.52 Å². The lowest BCUT2D eigenvalue weighted by Crippen LogP contribution is -2.38. The van der Waals surface area contributed by atoms with Gasteiger partial charge in [0.05, 0.1) is 17.6 Å². The van der Waals surface area contributed by atoms with Gasteiger partial charge in [0.25, 0.3) is 0 Å². The number of aromatic nitrogens is 2. The number of carbonyl (C=O) groups is 1. The smallest absolute Gasteiger partial charge is 0.224 e. The molecule has 0 saturated carbocycles. The van der Waals surface area contributed by atoms with Crippen LogP contribution in [0.1, 0.15) is 44.5 Å². The van der Waals surface area contributed by atoms with Crippen molar-refractivity contribution in [3.8, 4) is 0 Å². The zero-order chi connectivity index (χ0) is 22.8. The zero-order valence-electron chi connectivity index (χ0n) is 19.3. The number of fused-ring (bicyclic) bond motifs is 1. The quantitative estimate of drug-likeness (QED) is 0.253. The number of amides is 1. The molecule has 7 nitrogen and oxygen atoms in total.